The lowest BCUT2D eigenvalue weighted by Gasteiger charge is -2.32. The number of carboxylic acids is 1. The third-order valence-electron chi connectivity index (χ3n) is 5.13. The van der Waals surface area contributed by atoms with E-state index in [1.807, 2.05) is 36.4 Å². The van der Waals surface area contributed by atoms with Gasteiger partial charge in [-0.3, -0.25) is 9.59 Å². The van der Waals surface area contributed by atoms with E-state index in [4.69, 9.17) is 4.74 Å². The number of anilines is 1. The van der Waals surface area contributed by atoms with Crippen LogP contribution in [0.1, 0.15) is 6.42 Å². The van der Waals surface area contributed by atoms with Crippen molar-refractivity contribution in [3.8, 4) is 0 Å². The number of carboxylic acid groups (broad SMARTS) is 1. The molecule has 1 amide bonds. The monoisotopic (exact) mass is 311 g/mol. The number of amides is 1. The van der Waals surface area contributed by atoms with E-state index in [-0.39, 0.29) is 11.9 Å². The number of hydrogen-bond acceptors (Lipinski definition) is 3. The van der Waals surface area contributed by atoms with Gasteiger partial charge in [0.1, 0.15) is 11.5 Å². The summed E-state index contributed by atoms with van der Waals surface area (Å²) in [6.07, 6.45) is 5.44. The molecule has 0 radical (unpaired) electrons. The second-order valence-corrected chi connectivity index (χ2v) is 6.22. The lowest BCUT2D eigenvalue weighted by atomic mass is 9.74. The van der Waals surface area contributed by atoms with Gasteiger partial charge in [-0.2, -0.15) is 0 Å². The fourth-order valence-electron chi connectivity index (χ4n) is 4.27. The second kappa shape index (κ2) is 4.80. The molecule has 5 nitrogen and oxygen atoms in total. The van der Waals surface area contributed by atoms with Crippen LogP contribution >= 0.6 is 0 Å². The SMILES string of the molecule is C=CC[C@H]1N(c2ccccc2)C(=O)[C@H]2[C@@H](C(=O)O)[C@H]3C=C[C@]21O3. The predicted molar refractivity (Wildman–Crippen MR) is 83.9 cm³/mol. The van der Waals surface area contributed by atoms with Crippen LogP contribution in [0.4, 0.5) is 5.69 Å². The highest BCUT2D eigenvalue weighted by atomic mass is 16.5. The lowest BCUT2D eigenvalue weighted by molar-refractivity contribution is -0.146. The van der Waals surface area contributed by atoms with Crippen LogP contribution in [0.2, 0.25) is 0 Å². The molecule has 0 aliphatic carbocycles. The van der Waals surface area contributed by atoms with Gasteiger partial charge < -0.3 is 14.7 Å². The average molecular weight is 311 g/mol. The number of carbonyl (C=O) groups excluding carboxylic acids is 1. The highest BCUT2D eigenvalue weighted by molar-refractivity contribution is 6.03. The van der Waals surface area contributed by atoms with E-state index in [9.17, 15) is 14.7 Å². The summed E-state index contributed by atoms with van der Waals surface area (Å²) in [6.45, 7) is 3.79. The Morgan fingerprint density at radius 1 is 1.39 bits per heavy atom. The third kappa shape index (κ3) is 1.71. The van der Waals surface area contributed by atoms with E-state index in [0.717, 1.165) is 5.69 Å². The summed E-state index contributed by atoms with van der Waals surface area (Å²) in [5, 5.41) is 9.57. The molecule has 4 rings (SSSR count). The Bertz CT molecular complexity index is 713. The van der Waals surface area contributed by atoms with Gasteiger partial charge in [0.05, 0.1) is 18.1 Å². The van der Waals surface area contributed by atoms with Crippen LogP contribution < -0.4 is 4.90 Å². The fourth-order valence-corrected chi connectivity index (χ4v) is 4.27. The quantitative estimate of drug-likeness (QED) is 0.864. The maximum atomic E-state index is 13.1. The molecule has 5 atom stereocenters. The second-order valence-electron chi connectivity index (χ2n) is 6.22. The van der Waals surface area contributed by atoms with Gasteiger partial charge in [-0.25, -0.2) is 0 Å². The molecular formula is C18H17NO4. The van der Waals surface area contributed by atoms with Crippen molar-refractivity contribution in [1.82, 2.24) is 0 Å². The molecular weight excluding hydrogens is 294 g/mol. The van der Waals surface area contributed by atoms with Crippen molar-refractivity contribution >= 4 is 17.6 Å². The summed E-state index contributed by atoms with van der Waals surface area (Å²) in [5.74, 6) is -2.66. The molecule has 5 heteroatoms. The number of ether oxygens (including phenoxy) is 1. The molecule has 2 bridgehead atoms. The van der Waals surface area contributed by atoms with E-state index in [2.05, 4.69) is 6.58 Å². The standard InChI is InChI=1S/C18H17NO4/c1-2-6-13-18-10-9-12(23-18)14(17(21)22)15(18)16(20)19(13)11-7-4-3-5-8-11/h2-5,7-10,12-15H,1,6H2,(H,21,22)/t12-,13-,14+,15-,18-/m1/s1. The van der Waals surface area contributed by atoms with Crippen molar-refractivity contribution in [3.05, 3.63) is 55.1 Å². The number of fused-ring (bicyclic) bond motifs is 1. The molecule has 1 aromatic carbocycles. The third-order valence-corrected chi connectivity index (χ3v) is 5.13. The highest BCUT2D eigenvalue weighted by Gasteiger charge is 2.71. The molecule has 3 heterocycles. The number of carbonyl (C=O) groups is 2. The first-order valence-electron chi connectivity index (χ1n) is 7.69. The molecule has 118 valence electrons. The minimum atomic E-state index is -0.980. The van der Waals surface area contributed by atoms with E-state index >= 15 is 0 Å². The van der Waals surface area contributed by atoms with E-state index in [1.165, 1.54) is 0 Å². The Morgan fingerprint density at radius 3 is 2.78 bits per heavy atom. The zero-order chi connectivity index (χ0) is 16.2. The van der Waals surface area contributed by atoms with Crippen molar-refractivity contribution in [2.45, 2.75) is 24.2 Å². The van der Waals surface area contributed by atoms with Gasteiger partial charge >= 0.3 is 5.97 Å². The number of hydrogen-bond donors (Lipinski definition) is 1. The van der Waals surface area contributed by atoms with E-state index < -0.39 is 29.5 Å². The smallest absolute Gasteiger partial charge is 0.310 e. The van der Waals surface area contributed by atoms with Crippen LogP contribution in [0.3, 0.4) is 0 Å². The first-order valence-corrected chi connectivity index (χ1v) is 7.69. The number of nitrogens with zero attached hydrogens (tertiary/aromatic N) is 1. The first-order chi connectivity index (χ1) is 11.1. The topological polar surface area (TPSA) is 66.8 Å². The molecule has 0 aromatic heterocycles. The lowest BCUT2D eigenvalue weighted by Crippen LogP contribution is -2.45. The Hall–Kier alpha value is -2.40. The largest absolute Gasteiger partial charge is 0.481 e. The van der Waals surface area contributed by atoms with Crippen LogP contribution in [0.5, 0.6) is 0 Å². The zero-order valence-corrected chi connectivity index (χ0v) is 12.5. The van der Waals surface area contributed by atoms with Crippen LogP contribution in [0.25, 0.3) is 0 Å². The first kappa shape index (κ1) is 14.2. The van der Waals surface area contributed by atoms with Gasteiger partial charge in [0.25, 0.3) is 0 Å². The van der Waals surface area contributed by atoms with Gasteiger partial charge in [-0.05, 0) is 18.6 Å². The maximum absolute atomic E-state index is 13.1. The number of aliphatic carboxylic acids is 1. The van der Waals surface area contributed by atoms with Crippen LogP contribution in [0, 0.1) is 11.8 Å². The summed E-state index contributed by atoms with van der Waals surface area (Å²) in [5.41, 5.74) is -0.104. The van der Waals surface area contributed by atoms with Crippen LogP contribution in [-0.4, -0.2) is 34.7 Å². The van der Waals surface area contributed by atoms with E-state index in [0.29, 0.717) is 6.42 Å². The highest BCUT2D eigenvalue weighted by Crippen LogP contribution is 2.56. The Kier molecular flexibility index (Phi) is 2.96. The van der Waals surface area contributed by atoms with Crippen molar-refractivity contribution < 1.29 is 19.4 Å². The molecule has 1 spiro atoms. The van der Waals surface area contributed by atoms with Gasteiger partial charge in [0, 0.05) is 5.69 Å². The minimum Gasteiger partial charge on any atom is -0.481 e. The molecule has 2 saturated heterocycles. The predicted octanol–water partition coefficient (Wildman–Crippen LogP) is 2.00. The normalized spacial score (nSPS) is 37.2. The van der Waals surface area contributed by atoms with Gasteiger partial charge in [0.2, 0.25) is 5.91 Å². The van der Waals surface area contributed by atoms with Gasteiger partial charge in [-0.15, -0.1) is 6.58 Å². The summed E-state index contributed by atoms with van der Waals surface area (Å²) >= 11 is 0. The fraction of sp³-hybridized carbons (Fsp3) is 0.333. The molecule has 1 aromatic rings. The Balaban J connectivity index is 1.85. The Morgan fingerprint density at radius 2 is 2.13 bits per heavy atom. The van der Waals surface area contributed by atoms with Crippen molar-refractivity contribution in [3.63, 3.8) is 0 Å². The van der Waals surface area contributed by atoms with Crippen LogP contribution in [0.15, 0.2) is 55.1 Å². The van der Waals surface area contributed by atoms with Crippen molar-refractivity contribution in [2.24, 2.45) is 11.8 Å². The number of benzene rings is 1. The molecule has 3 aliphatic rings. The Labute approximate surface area is 133 Å². The maximum Gasteiger partial charge on any atom is 0.310 e. The summed E-state index contributed by atoms with van der Waals surface area (Å²) < 4.78 is 6.04. The molecule has 23 heavy (non-hydrogen) atoms. The van der Waals surface area contributed by atoms with Crippen LogP contribution in [-0.2, 0) is 14.3 Å². The van der Waals surface area contributed by atoms with Crippen molar-refractivity contribution in [1.29, 1.82) is 0 Å². The molecule has 3 aliphatic heterocycles. The number of para-hydroxylation sites is 1. The van der Waals surface area contributed by atoms with E-state index in [1.54, 1.807) is 17.1 Å². The zero-order valence-electron chi connectivity index (χ0n) is 12.5. The number of rotatable bonds is 4. The molecule has 0 saturated carbocycles. The summed E-state index contributed by atoms with van der Waals surface area (Å²) in [4.78, 5) is 26.5. The molecule has 0 unspecified atom stereocenters. The van der Waals surface area contributed by atoms with Gasteiger partial charge in [-0.1, -0.05) is 36.4 Å². The summed E-state index contributed by atoms with van der Waals surface area (Å²) in [7, 11) is 0. The molecule has 1 N–H and O–H groups in total. The minimum absolute atomic E-state index is 0.178. The molecule has 2 fully saturated rings. The van der Waals surface area contributed by atoms with Crippen molar-refractivity contribution in [2.75, 3.05) is 4.90 Å². The average Bonchev–Trinajstić information content (AvgIpc) is 3.18. The summed E-state index contributed by atoms with van der Waals surface area (Å²) in [6, 6.07) is 9.05. The van der Waals surface area contributed by atoms with Gasteiger partial charge in [0.15, 0.2) is 0 Å².